The Labute approximate surface area is 141 Å². The Hall–Kier alpha value is -2.28. The molecule has 1 heterocycles. The number of benzene rings is 1. The highest BCUT2D eigenvalue weighted by molar-refractivity contribution is 7.17. The molecule has 0 bridgehead atoms. The predicted octanol–water partition coefficient (Wildman–Crippen LogP) is 3.50. The van der Waals surface area contributed by atoms with Gasteiger partial charge < -0.3 is 11.1 Å². The van der Waals surface area contributed by atoms with Gasteiger partial charge in [-0.15, -0.1) is 11.3 Å². The molecule has 1 atom stereocenters. The number of carbonyl (C=O) groups excluding carboxylic acids is 2. The molecule has 0 aliphatic heterocycles. The number of nitrogens with one attached hydrogen (secondary N) is 1. The Morgan fingerprint density at radius 2 is 1.92 bits per heavy atom. The third-order valence-corrected chi connectivity index (χ3v) is 5.38. The highest BCUT2D eigenvalue weighted by atomic mass is 32.1. The summed E-state index contributed by atoms with van der Waals surface area (Å²) in [5, 5.41) is 2.72. The lowest BCUT2D eigenvalue weighted by atomic mass is 9.87. The second-order valence-corrected chi connectivity index (χ2v) is 7.08. The van der Waals surface area contributed by atoms with E-state index in [-0.39, 0.29) is 10.6 Å². The van der Waals surface area contributed by atoms with Crippen LogP contribution >= 0.6 is 11.3 Å². The number of anilines is 1. The molecule has 0 saturated heterocycles. The minimum atomic E-state index is -0.955. The van der Waals surface area contributed by atoms with Gasteiger partial charge in [-0.1, -0.05) is 13.0 Å². The van der Waals surface area contributed by atoms with Crippen molar-refractivity contribution in [2.45, 2.75) is 26.2 Å². The molecule has 2 amide bonds. The van der Waals surface area contributed by atoms with Gasteiger partial charge in [0.2, 0.25) is 0 Å². The first-order valence-corrected chi connectivity index (χ1v) is 8.39. The van der Waals surface area contributed by atoms with Crippen LogP contribution in [0.3, 0.4) is 0 Å². The van der Waals surface area contributed by atoms with E-state index in [0.29, 0.717) is 12.3 Å². The number of carbonyl (C=O) groups is 2. The summed E-state index contributed by atoms with van der Waals surface area (Å²) in [6, 6.07) is 3.20. The molecule has 3 rings (SSSR count). The average Bonchev–Trinajstić information content (AvgIpc) is 2.84. The summed E-state index contributed by atoms with van der Waals surface area (Å²) in [6.45, 7) is 2.08. The Kier molecular flexibility index (Phi) is 4.36. The standard InChI is InChI=1S/C17H16F2N2O2S/c1-8-5-6-12-9(7-8)13(15(20)22)17(24-12)21-16(23)14-10(18)3-2-4-11(14)19/h2-4,8H,5-7H2,1H3,(H2,20,22)(H,21,23). The van der Waals surface area contributed by atoms with Gasteiger partial charge in [0, 0.05) is 4.88 Å². The molecule has 0 spiro atoms. The third-order valence-electron chi connectivity index (χ3n) is 4.17. The van der Waals surface area contributed by atoms with E-state index in [0.717, 1.165) is 35.4 Å². The fourth-order valence-electron chi connectivity index (χ4n) is 2.99. The molecule has 3 N–H and O–H groups in total. The van der Waals surface area contributed by atoms with Crippen LogP contribution < -0.4 is 11.1 Å². The predicted molar refractivity (Wildman–Crippen MR) is 88.3 cm³/mol. The zero-order valence-corrected chi connectivity index (χ0v) is 13.8. The van der Waals surface area contributed by atoms with Crippen LogP contribution in [0.4, 0.5) is 13.8 Å². The zero-order valence-electron chi connectivity index (χ0n) is 13.0. The summed E-state index contributed by atoms with van der Waals surface area (Å²) in [5.41, 5.74) is 5.90. The number of thiophene rings is 1. The van der Waals surface area contributed by atoms with E-state index in [9.17, 15) is 18.4 Å². The van der Waals surface area contributed by atoms with E-state index in [1.807, 2.05) is 0 Å². The summed E-state index contributed by atoms with van der Waals surface area (Å²) in [6.07, 6.45) is 2.49. The highest BCUT2D eigenvalue weighted by Gasteiger charge is 2.28. The number of aryl methyl sites for hydroxylation is 1. The Morgan fingerprint density at radius 3 is 2.54 bits per heavy atom. The molecule has 2 aromatic rings. The van der Waals surface area contributed by atoms with Crippen LogP contribution in [0.5, 0.6) is 0 Å². The van der Waals surface area contributed by atoms with Crippen LogP contribution in [0, 0.1) is 17.6 Å². The third kappa shape index (κ3) is 2.91. The smallest absolute Gasteiger partial charge is 0.262 e. The summed E-state index contributed by atoms with van der Waals surface area (Å²) in [7, 11) is 0. The van der Waals surface area contributed by atoms with E-state index < -0.39 is 29.0 Å². The van der Waals surface area contributed by atoms with Crippen LogP contribution in [-0.4, -0.2) is 11.8 Å². The minimum absolute atomic E-state index is 0.256. The minimum Gasteiger partial charge on any atom is -0.365 e. The first kappa shape index (κ1) is 16.6. The van der Waals surface area contributed by atoms with Crippen LogP contribution in [0.25, 0.3) is 0 Å². The van der Waals surface area contributed by atoms with Gasteiger partial charge in [0.15, 0.2) is 0 Å². The van der Waals surface area contributed by atoms with E-state index in [2.05, 4.69) is 12.2 Å². The molecule has 126 valence electrons. The molecular weight excluding hydrogens is 334 g/mol. The quantitative estimate of drug-likeness (QED) is 0.889. The van der Waals surface area contributed by atoms with Crippen molar-refractivity contribution < 1.29 is 18.4 Å². The van der Waals surface area contributed by atoms with E-state index in [1.54, 1.807) is 0 Å². The maximum absolute atomic E-state index is 13.8. The van der Waals surface area contributed by atoms with Gasteiger partial charge in [0.25, 0.3) is 11.8 Å². The van der Waals surface area contributed by atoms with E-state index in [1.165, 1.54) is 17.4 Å². The van der Waals surface area contributed by atoms with E-state index >= 15 is 0 Å². The lowest BCUT2D eigenvalue weighted by Gasteiger charge is -2.18. The fourth-order valence-corrected chi connectivity index (χ4v) is 4.23. The number of hydrogen-bond donors (Lipinski definition) is 2. The zero-order chi connectivity index (χ0) is 17.4. The molecule has 1 aliphatic carbocycles. The molecule has 1 unspecified atom stereocenters. The number of amides is 2. The number of rotatable bonds is 3. The number of hydrogen-bond acceptors (Lipinski definition) is 3. The van der Waals surface area contributed by atoms with Crippen molar-refractivity contribution in [1.29, 1.82) is 0 Å². The van der Waals surface area contributed by atoms with Gasteiger partial charge in [0.05, 0.1) is 5.56 Å². The first-order chi connectivity index (χ1) is 11.4. The molecular formula is C17H16F2N2O2S. The summed E-state index contributed by atoms with van der Waals surface area (Å²) in [5.74, 6) is -3.07. The van der Waals surface area contributed by atoms with Gasteiger partial charge in [-0.05, 0) is 42.9 Å². The largest absolute Gasteiger partial charge is 0.365 e. The van der Waals surface area contributed by atoms with Gasteiger partial charge in [-0.2, -0.15) is 0 Å². The Bertz CT molecular complexity index is 812. The lowest BCUT2D eigenvalue weighted by molar-refractivity contribution is 0.1000. The van der Waals surface area contributed by atoms with Crippen LogP contribution in [-0.2, 0) is 12.8 Å². The average molecular weight is 350 g/mol. The maximum Gasteiger partial charge on any atom is 0.262 e. The molecule has 0 radical (unpaired) electrons. The molecule has 0 saturated carbocycles. The van der Waals surface area contributed by atoms with Crippen LogP contribution in [0.1, 0.15) is 44.5 Å². The van der Waals surface area contributed by atoms with E-state index in [4.69, 9.17) is 5.73 Å². The monoisotopic (exact) mass is 350 g/mol. The summed E-state index contributed by atoms with van der Waals surface area (Å²) >= 11 is 1.25. The topological polar surface area (TPSA) is 72.2 Å². The molecule has 7 heteroatoms. The normalized spacial score (nSPS) is 16.5. The Morgan fingerprint density at radius 1 is 1.25 bits per heavy atom. The second-order valence-electron chi connectivity index (χ2n) is 5.97. The van der Waals surface area contributed by atoms with Crippen molar-refractivity contribution in [1.82, 2.24) is 0 Å². The number of nitrogens with two attached hydrogens (primary N) is 1. The summed E-state index contributed by atoms with van der Waals surface area (Å²) in [4.78, 5) is 25.1. The van der Waals surface area contributed by atoms with Crippen molar-refractivity contribution in [3.05, 3.63) is 51.4 Å². The molecule has 1 aromatic carbocycles. The van der Waals surface area contributed by atoms with Crippen molar-refractivity contribution >= 4 is 28.2 Å². The molecule has 1 aromatic heterocycles. The van der Waals surface area contributed by atoms with Gasteiger partial charge in [-0.25, -0.2) is 8.78 Å². The number of fused-ring (bicyclic) bond motifs is 1. The maximum atomic E-state index is 13.8. The Balaban J connectivity index is 1.99. The summed E-state index contributed by atoms with van der Waals surface area (Å²) < 4.78 is 27.5. The second kappa shape index (κ2) is 6.32. The SMILES string of the molecule is CC1CCc2sc(NC(=O)c3c(F)cccc3F)c(C(N)=O)c2C1. The highest BCUT2D eigenvalue weighted by Crippen LogP contribution is 2.39. The van der Waals surface area contributed by atoms with Crippen molar-refractivity contribution in [2.24, 2.45) is 11.7 Å². The lowest BCUT2D eigenvalue weighted by Crippen LogP contribution is -2.20. The molecule has 0 fully saturated rings. The fraction of sp³-hybridized carbons (Fsp3) is 0.294. The first-order valence-electron chi connectivity index (χ1n) is 7.58. The van der Waals surface area contributed by atoms with Gasteiger partial charge in [0.1, 0.15) is 22.2 Å². The molecule has 24 heavy (non-hydrogen) atoms. The van der Waals surface area contributed by atoms with Crippen molar-refractivity contribution in [3.8, 4) is 0 Å². The number of primary amides is 1. The van der Waals surface area contributed by atoms with Gasteiger partial charge >= 0.3 is 0 Å². The molecule has 4 nitrogen and oxygen atoms in total. The van der Waals surface area contributed by atoms with Crippen molar-refractivity contribution in [3.63, 3.8) is 0 Å². The number of halogens is 2. The van der Waals surface area contributed by atoms with Crippen molar-refractivity contribution in [2.75, 3.05) is 5.32 Å². The van der Waals surface area contributed by atoms with Crippen LogP contribution in [0.15, 0.2) is 18.2 Å². The van der Waals surface area contributed by atoms with Gasteiger partial charge in [-0.3, -0.25) is 9.59 Å². The molecule has 1 aliphatic rings. The van der Waals surface area contributed by atoms with Crippen LogP contribution in [0.2, 0.25) is 0 Å².